The van der Waals surface area contributed by atoms with Crippen molar-refractivity contribution in [2.24, 2.45) is 11.1 Å². The smallest absolute Gasteiger partial charge is 0.297 e. The largest absolute Gasteiger partial charge is 0.489 e. The first kappa shape index (κ1) is 41.0. The fourth-order valence-electron chi connectivity index (χ4n) is 11.0. The van der Waals surface area contributed by atoms with Crippen LogP contribution >= 0.6 is 0 Å². The Bertz CT molecular complexity index is 2750. The number of carbonyl (C=O) groups excluding carboxylic acids is 1. The minimum absolute atomic E-state index is 0.00587. The number of piperidine rings is 1. The van der Waals surface area contributed by atoms with Crippen LogP contribution in [0.5, 0.6) is 17.2 Å². The Kier molecular flexibility index (Phi) is 10.3. The lowest BCUT2D eigenvalue weighted by atomic mass is 9.59. The number of likely N-dealkylation sites (tertiary alicyclic amines) is 1. The number of hydrogen-bond donors (Lipinski definition) is 3. The van der Waals surface area contributed by atoms with Crippen LogP contribution in [-0.4, -0.2) is 98.4 Å². The van der Waals surface area contributed by atoms with Crippen LogP contribution in [0.1, 0.15) is 84.8 Å². The van der Waals surface area contributed by atoms with Crippen LogP contribution in [0.4, 0.5) is 17.1 Å². The van der Waals surface area contributed by atoms with Crippen molar-refractivity contribution in [3.8, 4) is 17.2 Å². The number of nitro groups is 1. The highest BCUT2D eigenvalue weighted by Gasteiger charge is 2.51. The van der Waals surface area contributed by atoms with Crippen LogP contribution in [0.15, 0.2) is 82.8 Å². The van der Waals surface area contributed by atoms with Crippen LogP contribution in [0.3, 0.4) is 0 Å². The third-order valence-corrected chi connectivity index (χ3v) is 16.2. The van der Waals surface area contributed by atoms with Gasteiger partial charge in [0.25, 0.3) is 11.6 Å². The predicted octanol–water partition coefficient (Wildman–Crippen LogP) is 7.25. The number of sulfone groups is 1. The maximum Gasteiger partial charge on any atom is 0.297 e. The Hall–Kier alpha value is -5.75. The normalized spacial score (nSPS) is 23.6. The van der Waals surface area contributed by atoms with E-state index in [1.165, 1.54) is 55.1 Å². The highest BCUT2D eigenvalue weighted by Crippen LogP contribution is 2.56. The molecule has 6 heterocycles. The summed E-state index contributed by atoms with van der Waals surface area (Å²) in [5.74, 6) is -0.328. The van der Waals surface area contributed by atoms with Crippen LogP contribution in [0, 0.1) is 15.5 Å². The van der Waals surface area contributed by atoms with Gasteiger partial charge in [0.15, 0.2) is 17.2 Å². The number of anilines is 2. The summed E-state index contributed by atoms with van der Waals surface area (Å²) in [6.07, 6.45) is 11.5. The summed E-state index contributed by atoms with van der Waals surface area (Å²) in [5, 5.41) is 16.6. The Labute approximate surface area is 370 Å². The molecule has 2 aromatic heterocycles. The summed E-state index contributed by atoms with van der Waals surface area (Å²) in [4.78, 5) is 36.8. The van der Waals surface area contributed by atoms with Gasteiger partial charge in [0.1, 0.15) is 29.0 Å². The molecule has 6 aliphatic rings. The molecule has 3 atom stereocenters. The lowest BCUT2D eigenvalue weighted by Gasteiger charge is -2.56. The molecule has 1 unspecified atom stereocenters. The number of fused-ring (bicyclic) bond motifs is 2. The van der Waals surface area contributed by atoms with E-state index < -0.39 is 43.4 Å². The van der Waals surface area contributed by atoms with Crippen molar-refractivity contribution in [2.45, 2.75) is 91.3 Å². The number of amides is 1. The molecule has 5 aromatic rings. The van der Waals surface area contributed by atoms with Crippen LogP contribution in [0.25, 0.3) is 11.0 Å². The lowest BCUT2D eigenvalue weighted by Crippen LogP contribution is -2.55. The number of ether oxygens (including phenoxy) is 4. The number of nitro benzene ring substituents is 1. The lowest BCUT2D eigenvalue weighted by molar-refractivity contribution is -0.384. The first-order chi connectivity index (χ1) is 31.0. The number of nitrogens with one attached hydrogen (secondary N) is 2. The van der Waals surface area contributed by atoms with Gasteiger partial charge in [-0.1, -0.05) is 24.3 Å². The van der Waals surface area contributed by atoms with E-state index in [1.807, 2.05) is 4.90 Å². The molecule has 1 spiro atoms. The second kappa shape index (κ2) is 16.0. The maximum atomic E-state index is 15.4. The summed E-state index contributed by atoms with van der Waals surface area (Å²) in [6, 6.07) is 18.4. The molecule has 2 saturated carbocycles. The number of aromatic nitrogens is 2. The molecule has 2 aliphatic carbocycles. The third kappa shape index (κ3) is 7.31. The molecule has 4 aliphatic heterocycles. The van der Waals surface area contributed by atoms with E-state index in [0.717, 1.165) is 38.3 Å². The van der Waals surface area contributed by atoms with Gasteiger partial charge in [-0.3, -0.25) is 19.8 Å². The van der Waals surface area contributed by atoms with E-state index in [-0.39, 0.29) is 52.0 Å². The molecule has 3 saturated heterocycles. The van der Waals surface area contributed by atoms with Crippen molar-refractivity contribution in [2.75, 3.05) is 56.3 Å². The molecule has 64 heavy (non-hydrogen) atoms. The predicted molar refractivity (Wildman–Crippen MR) is 237 cm³/mol. The quantitative estimate of drug-likeness (QED) is 0.0885. The van der Waals surface area contributed by atoms with Gasteiger partial charge in [-0.25, -0.2) is 13.4 Å². The molecular weight excluding hydrogens is 839 g/mol. The molecule has 17 heteroatoms. The zero-order valence-corrected chi connectivity index (χ0v) is 36.2. The van der Waals surface area contributed by atoms with Crippen molar-refractivity contribution >= 4 is 43.8 Å². The number of nitrogens with zero attached hydrogens (tertiary/aromatic N) is 4. The molecule has 4 N–H and O–H groups in total. The summed E-state index contributed by atoms with van der Waals surface area (Å²) in [5.41, 5.74) is 9.40. The molecular formula is C47H51N7O9S. The highest BCUT2D eigenvalue weighted by molar-refractivity contribution is 7.91. The third-order valence-electron chi connectivity index (χ3n) is 14.5. The van der Waals surface area contributed by atoms with Crippen LogP contribution in [0.2, 0.25) is 0 Å². The van der Waals surface area contributed by atoms with Crippen LogP contribution < -0.4 is 25.4 Å². The number of pyridine rings is 1. The van der Waals surface area contributed by atoms with Crippen molar-refractivity contribution in [3.05, 3.63) is 99.9 Å². The first-order valence-electron chi connectivity index (χ1n) is 22.4. The van der Waals surface area contributed by atoms with Crippen molar-refractivity contribution in [3.63, 3.8) is 0 Å². The number of rotatable bonds is 11. The zero-order chi connectivity index (χ0) is 43.7. The van der Waals surface area contributed by atoms with Crippen LogP contribution in [-0.2, 0) is 19.3 Å². The van der Waals surface area contributed by atoms with Gasteiger partial charge < -0.3 is 39.9 Å². The minimum atomic E-state index is -4.72. The number of H-pyrrole nitrogens is 1. The van der Waals surface area contributed by atoms with E-state index in [4.69, 9.17) is 24.7 Å². The second-order valence-corrected chi connectivity index (χ2v) is 20.2. The first-order valence-corrected chi connectivity index (χ1v) is 23.9. The summed E-state index contributed by atoms with van der Waals surface area (Å²) in [7, 11) is -4.72. The van der Waals surface area contributed by atoms with E-state index in [9.17, 15) is 14.9 Å². The van der Waals surface area contributed by atoms with Gasteiger partial charge in [-0.2, -0.15) is 0 Å². The molecule has 16 nitrogen and oxygen atoms in total. The number of benzene rings is 3. The zero-order valence-electron chi connectivity index (χ0n) is 35.4. The SMILES string of the molecule is NC(=O)c1ccc(N2CCC3(CC2)CC(N2CCCC2c2ccccc2C2CC2)C3)c(S(=O)(=O)c2cc3c(c([N+](=O)[O-])c2)N[C@H]([C@@H]2COCCO2)CO3)c1Oc1cnc2[nH]ccc2c1. The van der Waals surface area contributed by atoms with Gasteiger partial charge >= 0.3 is 0 Å². The Morgan fingerprint density at radius 3 is 2.55 bits per heavy atom. The van der Waals surface area contributed by atoms with Gasteiger partial charge in [0.2, 0.25) is 9.84 Å². The standard InChI is InChI=1S/C47H51N7O9S/c48-45(55)35-9-10-38(52-16-12-47(13-17-52)23-30(24-47)53-15-3-6-37(53)34-5-2-1-4-33(34)28-7-8-28)44(43(35)63-31-20-29-11-14-49-46(29)50-25-31)64(58,59)32-21-39(54(56)57)42-40(22-32)62-26-36(51-42)41-27-60-18-19-61-41/h1-2,4-5,9-11,14,20-22,25,28,30,36-37,41,51H,3,6-8,12-13,15-19,23-24,26-27H2,(H2,48,55)(H,49,50)/t36-,37?,41-/m0/s1. The highest BCUT2D eigenvalue weighted by atomic mass is 32.2. The molecule has 11 rings (SSSR count). The fraction of sp³-hybridized carbons (Fsp3) is 0.447. The molecule has 334 valence electrons. The Balaban J connectivity index is 0.924. The Morgan fingerprint density at radius 1 is 0.984 bits per heavy atom. The summed E-state index contributed by atoms with van der Waals surface area (Å²) in [6.45, 7) is 3.35. The van der Waals surface area contributed by atoms with Crippen molar-refractivity contribution in [1.29, 1.82) is 0 Å². The number of hydrogen-bond acceptors (Lipinski definition) is 13. The van der Waals surface area contributed by atoms with E-state index in [0.29, 0.717) is 61.0 Å². The van der Waals surface area contributed by atoms with E-state index in [2.05, 4.69) is 44.5 Å². The minimum Gasteiger partial charge on any atom is -0.489 e. The fourth-order valence-corrected chi connectivity index (χ4v) is 12.6. The number of nitrogens with two attached hydrogens (primary N) is 1. The molecule has 0 radical (unpaired) electrons. The number of primary amides is 1. The average Bonchev–Trinajstić information content (AvgIpc) is 3.84. The van der Waals surface area contributed by atoms with Gasteiger partial charge in [-0.05, 0) is 105 Å². The number of carbonyl (C=O) groups is 1. The molecule has 1 amide bonds. The Morgan fingerprint density at radius 2 is 1.80 bits per heavy atom. The second-order valence-electron chi connectivity index (χ2n) is 18.3. The monoisotopic (exact) mass is 889 g/mol. The van der Waals surface area contributed by atoms with Gasteiger partial charge in [0.05, 0.1) is 53.1 Å². The van der Waals surface area contributed by atoms with Gasteiger partial charge in [-0.15, -0.1) is 0 Å². The average molecular weight is 890 g/mol. The molecule has 0 bridgehead atoms. The topological polar surface area (TPSA) is 204 Å². The molecule has 5 fully saturated rings. The van der Waals surface area contributed by atoms with E-state index >= 15 is 8.42 Å². The van der Waals surface area contributed by atoms with E-state index in [1.54, 1.807) is 24.4 Å². The maximum absolute atomic E-state index is 15.4. The number of aromatic amines is 1. The van der Waals surface area contributed by atoms with Gasteiger partial charge in [0, 0.05) is 48.9 Å². The van der Waals surface area contributed by atoms with Crippen molar-refractivity contribution in [1.82, 2.24) is 14.9 Å². The molecule has 3 aromatic carbocycles. The summed E-state index contributed by atoms with van der Waals surface area (Å²) < 4.78 is 54.7. The summed E-state index contributed by atoms with van der Waals surface area (Å²) >= 11 is 0. The van der Waals surface area contributed by atoms with Crippen molar-refractivity contribution < 1.29 is 37.1 Å².